The van der Waals surface area contributed by atoms with Gasteiger partial charge in [0.15, 0.2) is 6.61 Å². The minimum Gasteiger partial charge on any atom is -0.482 e. The molecular formula is C14H18N2O5. The molecule has 0 unspecified atom stereocenters. The van der Waals surface area contributed by atoms with E-state index in [2.05, 4.69) is 5.32 Å². The summed E-state index contributed by atoms with van der Waals surface area (Å²) >= 11 is 0. The minimum absolute atomic E-state index is 0.0636. The number of nitrogens with zero attached hydrogens (tertiary/aromatic N) is 1. The number of anilines is 1. The molecule has 7 heteroatoms. The lowest BCUT2D eigenvalue weighted by atomic mass is 10.3. The Hall–Kier alpha value is -2.28. The quantitative estimate of drug-likeness (QED) is 0.700. The first kappa shape index (κ1) is 15.1. The van der Waals surface area contributed by atoms with Crippen LogP contribution < -0.4 is 10.1 Å². The van der Waals surface area contributed by atoms with Crippen LogP contribution in [-0.2, 0) is 4.79 Å². The van der Waals surface area contributed by atoms with E-state index in [0.29, 0.717) is 18.0 Å². The number of aliphatic hydroxyl groups is 1. The van der Waals surface area contributed by atoms with Crippen LogP contribution in [0.25, 0.3) is 0 Å². The summed E-state index contributed by atoms with van der Waals surface area (Å²) in [7, 11) is 0. The number of ether oxygens (including phenoxy) is 1. The SMILES string of the molecule is O=C(O)COc1ccc(NC(=O)N(CCO)C2CC2)cc1. The van der Waals surface area contributed by atoms with Gasteiger partial charge in [0.2, 0.25) is 0 Å². The van der Waals surface area contributed by atoms with Crippen LogP contribution >= 0.6 is 0 Å². The molecule has 1 fully saturated rings. The van der Waals surface area contributed by atoms with E-state index < -0.39 is 12.6 Å². The van der Waals surface area contributed by atoms with Crippen LogP contribution in [0, 0.1) is 0 Å². The molecule has 1 aromatic rings. The highest BCUT2D eigenvalue weighted by molar-refractivity contribution is 5.89. The molecular weight excluding hydrogens is 276 g/mol. The second-order valence-corrected chi connectivity index (χ2v) is 4.79. The number of carbonyl (C=O) groups is 2. The molecule has 1 saturated carbocycles. The molecule has 2 rings (SSSR count). The summed E-state index contributed by atoms with van der Waals surface area (Å²) in [5, 5.41) is 20.2. The number of rotatable bonds is 7. The van der Waals surface area contributed by atoms with Gasteiger partial charge in [-0.15, -0.1) is 0 Å². The maximum atomic E-state index is 12.1. The van der Waals surface area contributed by atoms with E-state index in [-0.39, 0.29) is 18.7 Å². The minimum atomic E-state index is -1.04. The normalized spacial score (nSPS) is 13.6. The largest absolute Gasteiger partial charge is 0.482 e. The lowest BCUT2D eigenvalue weighted by molar-refractivity contribution is -0.139. The molecule has 0 heterocycles. The zero-order valence-corrected chi connectivity index (χ0v) is 11.5. The highest BCUT2D eigenvalue weighted by Crippen LogP contribution is 2.27. The van der Waals surface area contributed by atoms with Gasteiger partial charge in [0, 0.05) is 18.3 Å². The number of hydrogen-bond donors (Lipinski definition) is 3. The summed E-state index contributed by atoms with van der Waals surface area (Å²) in [5.41, 5.74) is 0.589. The van der Waals surface area contributed by atoms with Gasteiger partial charge in [-0.3, -0.25) is 0 Å². The van der Waals surface area contributed by atoms with Crippen LogP contribution in [0.15, 0.2) is 24.3 Å². The summed E-state index contributed by atoms with van der Waals surface area (Å²) in [6.45, 7) is -0.153. The number of amides is 2. The molecule has 0 bridgehead atoms. The number of aliphatic hydroxyl groups excluding tert-OH is 1. The monoisotopic (exact) mass is 294 g/mol. The summed E-state index contributed by atoms with van der Waals surface area (Å²) in [4.78, 5) is 24.1. The third kappa shape index (κ3) is 4.64. The van der Waals surface area contributed by atoms with Crippen molar-refractivity contribution in [1.82, 2.24) is 4.90 Å². The van der Waals surface area contributed by atoms with Gasteiger partial charge >= 0.3 is 12.0 Å². The predicted molar refractivity (Wildman–Crippen MR) is 75.4 cm³/mol. The molecule has 1 aliphatic rings. The van der Waals surface area contributed by atoms with Gasteiger partial charge in [-0.25, -0.2) is 9.59 Å². The van der Waals surface area contributed by atoms with Crippen molar-refractivity contribution in [3.63, 3.8) is 0 Å². The molecule has 7 nitrogen and oxygen atoms in total. The van der Waals surface area contributed by atoms with E-state index in [0.717, 1.165) is 12.8 Å². The second-order valence-electron chi connectivity index (χ2n) is 4.79. The number of nitrogens with one attached hydrogen (secondary N) is 1. The van der Waals surface area contributed by atoms with Crippen molar-refractivity contribution in [1.29, 1.82) is 0 Å². The maximum absolute atomic E-state index is 12.1. The second kappa shape index (κ2) is 6.94. The van der Waals surface area contributed by atoms with Gasteiger partial charge in [0.25, 0.3) is 0 Å². The number of carboxylic acids is 1. The number of carbonyl (C=O) groups excluding carboxylic acids is 1. The number of hydrogen-bond acceptors (Lipinski definition) is 4. The molecule has 0 radical (unpaired) electrons. The van der Waals surface area contributed by atoms with Gasteiger partial charge in [-0.05, 0) is 37.1 Å². The maximum Gasteiger partial charge on any atom is 0.341 e. The van der Waals surface area contributed by atoms with Gasteiger partial charge in [-0.2, -0.15) is 0 Å². The van der Waals surface area contributed by atoms with Crippen LogP contribution in [0.1, 0.15) is 12.8 Å². The third-order valence-electron chi connectivity index (χ3n) is 3.06. The van der Waals surface area contributed by atoms with Crippen molar-refractivity contribution < 1.29 is 24.5 Å². The fourth-order valence-electron chi connectivity index (χ4n) is 1.92. The summed E-state index contributed by atoms with van der Waals surface area (Å²) in [5.74, 6) is -0.624. The molecule has 2 amide bonds. The zero-order chi connectivity index (χ0) is 15.2. The van der Waals surface area contributed by atoms with E-state index in [1.165, 1.54) is 0 Å². The third-order valence-corrected chi connectivity index (χ3v) is 3.06. The molecule has 3 N–H and O–H groups in total. The van der Waals surface area contributed by atoms with Crippen molar-refractivity contribution in [2.24, 2.45) is 0 Å². The highest BCUT2D eigenvalue weighted by Gasteiger charge is 2.32. The van der Waals surface area contributed by atoms with Crippen LogP contribution in [-0.4, -0.2) is 52.9 Å². The van der Waals surface area contributed by atoms with Crippen molar-refractivity contribution in [2.75, 3.05) is 25.1 Å². The van der Waals surface area contributed by atoms with Gasteiger partial charge in [0.1, 0.15) is 5.75 Å². The van der Waals surface area contributed by atoms with Crippen molar-refractivity contribution in [3.05, 3.63) is 24.3 Å². The highest BCUT2D eigenvalue weighted by atomic mass is 16.5. The molecule has 21 heavy (non-hydrogen) atoms. The van der Waals surface area contributed by atoms with Crippen LogP contribution in [0.4, 0.5) is 10.5 Å². The van der Waals surface area contributed by atoms with E-state index in [1.54, 1.807) is 29.2 Å². The summed E-state index contributed by atoms with van der Waals surface area (Å²) in [6, 6.07) is 6.43. The molecule has 1 aromatic carbocycles. The van der Waals surface area contributed by atoms with Crippen molar-refractivity contribution in [2.45, 2.75) is 18.9 Å². The topological polar surface area (TPSA) is 99.1 Å². The number of carboxylic acid groups (broad SMARTS) is 1. The first-order valence-electron chi connectivity index (χ1n) is 6.73. The van der Waals surface area contributed by atoms with Crippen LogP contribution in [0.2, 0.25) is 0 Å². The molecule has 0 atom stereocenters. The van der Waals surface area contributed by atoms with Crippen molar-refractivity contribution >= 4 is 17.7 Å². The fraction of sp³-hybridized carbons (Fsp3) is 0.429. The first-order chi connectivity index (χ1) is 10.1. The van der Waals surface area contributed by atoms with E-state index in [4.69, 9.17) is 14.9 Å². The molecule has 114 valence electrons. The standard InChI is InChI=1S/C14H18N2O5/c17-8-7-16(11-3-4-11)14(20)15-10-1-5-12(6-2-10)21-9-13(18)19/h1-2,5-6,11,17H,3-4,7-9H2,(H,15,20)(H,18,19). The summed E-state index contributed by atoms with van der Waals surface area (Å²) in [6.07, 6.45) is 1.94. The molecule has 1 aliphatic carbocycles. The Balaban J connectivity index is 1.89. The lowest BCUT2D eigenvalue weighted by Gasteiger charge is -2.21. The Morgan fingerprint density at radius 2 is 1.95 bits per heavy atom. The summed E-state index contributed by atoms with van der Waals surface area (Å²) < 4.78 is 5.01. The Kier molecular flexibility index (Phi) is 4.99. The fourth-order valence-corrected chi connectivity index (χ4v) is 1.92. The van der Waals surface area contributed by atoms with Gasteiger partial charge in [-0.1, -0.05) is 0 Å². The smallest absolute Gasteiger partial charge is 0.341 e. The zero-order valence-electron chi connectivity index (χ0n) is 11.5. The molecule has 0 aromatic heterocycles. The average molecular weight is 294 g/mol. The van der Waals surface area contributed by atoms with E-state index >= 15 is 0 Å². The average Bonchev–Trinajstić information content (AvgIpc) is 3.28. The lowest BCUT2D eigenvalue weighted by Crippen LogP contribution is -2.38. The number of urea groups is 1. The Morgan fingerprint density at radius 3 is 2.48 bits per heavy atom. The van der Waals surface area contributed by atoms with Crippen LogP contribution in [0.3, 0.4) is 0 Å². The molecule has 0 spiro atoms. The predicted octanol–water partition coefficient (Wildman–Crippen LogP) is 1.14. The van der Waals surface area contributed by atoms with Crippen molar-refractivity contribution in [3.8, 4) is 5.75 Å². The Labute approximate surface area is 122 Å². The van der Waals surface area contributed by atoms with Gasteiger partial charge in [0.05, 0.1) is 6.61 Å². The van der Waals surface area contributed by atoms with E-state index in [9.17, 15) is 9.59 Å². The molecule has 0 aliphatic heterocycles. The van der Waals surface area contributed by atoms with E-state index in [1.807, 2.05) is 0 Å². The number of benzene rings is 1. The Bertz CT molecular complexity index is 499. The van der Waals surface area contributed by atoms with Crippen LogP contribution in [0.5, 0.6) is 5.75 Å². The number of aliphatic carboxylic acids is 1. The molecule has 0 saturated heterocycles. The van der Waals surface area contributed by atoms with Gasteiger partial charge < -0.3 is 25.2 Å². The Morgan fingerprint density at radius 1 is 1.29 bits per heavy atom. The first-order valence-corrected chi connectivity index (χ1v) is 6.73.